The van der Waals surface area contributed by atoms with Gasteiger partial charge in [-0.1, -0.05) is 11.6 Å². The van der Waals surface area contributed by atoms with E-state index < -0.39 is 21.3 Å². The van der Waals surface area contributed by atoms with Crippen LogP contribution in [-0.4, -0.2) is 41.3 Å². The summed E-state index contributed by atoms with van der Waals surface area (Å²) >= 11 is 7.08. The van der Waals surface area contributed by atoms with Crippen LogP contribution in [0.2, 0.25) is 5.02 Å². The molecular formula is C21H22ClN3O5S2. The summed E-state index contributed by atoms with van der Waals surface area (Å²) in [6.07, 6.45) is 4.12. The van der Waals surface area contributed by atoms with E-state index in [9.17, 15) is 18.3 Å². The topological polar surface area (TPSA) is 118 Å². The fourth-order valence-electron chi connectivity index (χ4n) is 2.75. The van der Waals surface area contributed by atoms with Crippen LogP contribution in [0.3, 0.4) is 0 Å². The van der Waals surface area contributed by atoms with Crippen LogP contribution in [0.15, 0.2) is 41.6 Å². The van der Waals surface area contributed by atoms with E-state index in [0.717, 1.165) is 17.6 Å². The second kappa shape index (κ2) is 9.14. The Labute approximate surface area is 195 Å². The molecule has 2 N–H and O–H groups in total. The predicted octanol–water partition coefficient (Wildman–Crippen LogP) is 4.18. The number of carbonyl (C=O) groups is 1. The van der Waals surface area contributed by atoms with E-state index in [4.69, 9.17) is 16.3 Å². The van der Waals surface area contributed by atoms with E-state index >= 15 is 0 Å². The second-order valence-corrected chi connectivity index (χ2v) is 11.6. The zero-order valence-electron chi connectivity index (χ0n) is 17.8. The van der Waals surface area contributed by atoms with Gasteiger partial charge >= 0.3 is 0 Å². The van der Waals surface area contributed by atoms with Crippen molar-refractivity contribution in [3.8, 4) is 17.1 Å². The number of hydrogen-bond acceptors (Lipinski definition) is 8. The molecule has 3 aromatic rings. The summed E-state index contributed by atoms with van der Waals surface area (Å²) in [6.45, 7) is 5.43. The summed E-state index contributed by atoms with van der Waals surface area (Å²) in [5, 5.41) is 12.6. The van der Waals surface area contributed by atoms with Crippen molar-refractivity contribution in [1.29, 1.82) is 0 Å². The maximum absolute atomic E-state index is 12.8. The molecule has 32 heavy (non-hydrogen) atoms. The van der Waals surface area contributed by atoms with Crippen molar-refractivity contribution in [3.63, 3.8) is 0 Å². The van der Waals surface area contributed by atoms with Crippen LogP contribution in [0.5, 0.6) is 5.75 Å². The molecule has 11 heteroatoms. The molecule has 8 nitrogen and oxygen atoms in total. The number of aliphatic hydroxyl groups excluding tert-OH is 1. The van der Waals surface area contributed by atoms with Gasteiger partial charge in [-0.25, -0.2) is 18.4 Å². The Bertz CT molecular complexity index is 1250. The van der Waals surface area contributed by atoms with Gasteiger partial charge in [-0.05, 0) is 45.0 Å². The maximum atomic E-state index is 12.8. The fraction of sp³-hybridized carbons (Fsp3) is 0.286. The summed E-state index contributed by atoms with van der Waals surface area (Å²) in [5.74, 6) is 0.362. The highest BCUT2D eigenvalue weighted by atomic mass is 35.5. The number of sulfone groups is 1. The Hall–Kier alpha value is -2.53. The van der Waals surface area contributed by atoms with Crippen molar-refractivity contribution in [2.75, 3.05) is 11.6 Å². The van der Waals surface area contributed by atoms with Gasteiger partial charge in [-0.2, -0.15) is 0 Å². The summed E-state index contributed by atoms with van der Waals surface area (Å²) in [6, 6.07) is 5.67. The Balaban J connectivity index is 1.87. The highest BCUT2D eigenvalue weighted by molar-refractivity contribution is 7.90. The van der Waals surface area contributed by atoms with Gasteiger partial charge in [0.05, 0.1) is 28.8 Å². The van der Waals surface area contributed by atoms with Crippen molar-refractivity contribution in [2.45, 2.75) is 37.9 Å². The third-order valence-electron chi connectivity index (χ3n) is 4.03. The van der Waals surface area contributed by atoms with Gasteiger partial charge in [-0.15, -0.1) is 11.3 Å². The van der Waals surface area contributed by atoms with Crippen molar-refractivity contribution >= 4 is 44.4 Å². The SMILES string of the molecule is CC(C)(C)Oc1cnc(-c2cc(C(=O)Nc3cc(Cl)cc(S(C)(=O)=O)c3)sc2CO)nc1. The summed E-state index contributed by atoms with van der Waals surface area (Å²) in [7, 11) is -3.50. The maximum Gasteiger partial charge on any atom is 0.265 e. The number of nitrogens with zero attached hydrogens (tertiary/aromatic N) is 2. The van der Waals surface area contributed by atoms with E-state index in [-0.39, 0.29) is 22.2 Å². The number of aromatic nitrogens is 2. The second-order valence-electron chi connectivity index (χ2n) is 7.96. The van der Waals surface area contributed by atoms with Crippen LogP contribution in [0.25, 0.3) is 11.4 Å². The first kappa shape index (κ1) is 24.1. The number of anilines is 1. The van der Waals surface area contributed by atoms with Crippen LogP contribution < -0.4 is 10.1 Å². The zero-order valence-corrected chi connectivity index (χ0v) is 20.2. The molecule has 2 heterocycles. The van der Waals surface area contributed by atoms with Gasteiger partial charge in [0.25, 0.3) is 5.91 Å². The highest BCUT2D eigenvalue weighted by Gasteiger charge is 2.19. The average molecular weight is 496 g/mol. The van der Waals surface area contributed by atoms with Crippen LogP contribution in [0.1, 0.15) is 35.3 Å². The van der Waals surface area contributed by atoms with Gasteiger partial charge in [0.15, 0.2) is 21.4 Å². The smallest absolute Gasteiger partial charge is 0.265 e. The Morgan fingerprint density at radius 1 is 1.19 bits per heavy atom. The standard InChI is InChI=1S/C21H22ClN3O5S2/c1-21(2,3)30-14-9-23-19(24-10-14)16-8-17(31-18(16)11-26)20(27)25-13-5-12(22)6-15(7-13)32(4,28)29/h5-10,26H,11H2,1-4H3,(H,25,27). The lowest BCUT2D eigenvalue weighted by Crippen LogP contribution is -2.23. The number of rotatable bonds is 6. The summed E-state index contributed by atoms with van der Waals surface area (Å²) in [4.78, 5) is 22.2. The predicted molar refractivity (Wildman–Crippen MR) is 124 cm³/mol. The molecule has 0 saturated heterocycles. The summed E-state index contributed by atoms with van der Waals surface area (Å²) < 4.78 is 29.3. The lowest BCUT2D eigenvalue weighted by molar-refractivity contribution is 0.103. The monoisotopic (exact) mass is 495 g/mol. The van der Waals surface area contributed by atoms with Gasteiger partial charge in [-0.3, -0.25) is 4.79 Å². The Kier molecular flexibility index (Phi) is 6.89. The molecule has 0 aliphatic carbocycles. The molecule has 0 bridgehead atoms. The van der Waals surface area contributed by atoms with E-state index in [2.05, 4.69) is 15.3 Å². The molecule has 170 valence electrons. The van der Waals surface area contributed by atoms with E-state index in [1.807, 2.05) is 20.8 Å². The zero-order chi connectivity index (χ0) is 23.7. The van der Waals surface area contributed by atoms with Crippen LogP contribution in [0.4, 0.5) is 5.69 Å². The molecule has 0 atom stereocenters. The Morgan fingerprint density at radius 3 is 2.41 bits per heavy atom. The van der Waals surface area contributed by atoms with Crippen LogP contribution in [0, 0.1) is 0 Å². The number of ether oxygens (including phenoxy) is 1. The number of thiophene rings is 1. The van der Waals surface area contributed by atoms with Gasteiger partial charge in [0.2, 0.25) is 0 Å². The molecular weight excluding hydrogens is 474 g/mol. The normalized spacial score (nSPS) is 11.9. The van der Waals surface area contributed by atoms with Crippen molar-refractivity contribution in [1.82, 2.24) is 9.97 Å². The summed E-state index contributed by atoms with van der Waals surface area (Å²) in [5.41, 5.74) is 0.364. The number of aliphatic hydroxyl groups is 1. The fourth-order valence-corrected chi connectivity index (χ4v) is 4.64. The first-order valence-corrected chi connectivity index (χ1v) is 12.5. The Morgan fingerprint density at radius 2 is 1.84 bits per heavy atom. The number of hydrogen-bond donors (Lipinski definition) is 2. The number of halogens is 1. The first-order chi connectivity index (χ1) is 14.9. The molecule has 2 aromatic heterocycles. The lowest BCUT2D eigenvalue weighted by Gasteiger charge is -2.20. The van der Waals surface area contributed by atoms with E-state index in [0.29, 0.717) is 26.9 Å². The molecule has 0 unspecified atom stereocenters. The number of carbonyl (C=O) groups excluding carboxylic acids is 1. The van der Waals surface area contributed by atoms with Crippen LogP contribution in [-0.2, 0) is 16.4 Å². The van der Waals surface area contributed by atoms with E-state index in [1.165, 1.54) is 30.6 Å². The molecule has 0 aliphatic rings. The molecule has 0 spiro atoms. The third-order valence-corrected chi connectivity index (χ3v) is 6.46. The number of amides is 1. The van der Waals surface area contributed by atoms with Crippen molar-refractivity contribution < 1.29 is 23.1 Å². The molecule has 0 saturated carbocycles. The van der Waals surface area contributed by atoms with Gasteiger partial charge < -0.3 is 15.2 Å². The van der Waals surface area contributed by atoms with Gasteiger partial charge in [0, 0.05) is 27.4 Å². The average Bonchev–Trinajstić information content (AvgIpc) is 3.11. The lowest BCUT2D eigenvalue weighted by atomic mass is 10.2. The quantitative estimate of drug-likeness (QED) is 0.526. The highest BCUT2D eigenvalue weighted by Crippen LogP contribution is 2.31. The minimum Gasteiger partial charge on any atom is -0.485 e. The van der Waals surface area contributed by atoms with Crippen LogP contribution >= 0.6 is 22.9 Å². The molecule has 0 aliphatic heterocycles. The van der Waals surface area contributed by atoms with Crippen molar-refractivity contribution in [2.24, 2.45) is 0 Å². The van der Waals surface area contributed by atoms with Gasteiger partial charge in [0.1, 0.15) is 5.60 Å². The van der Waals surface area contributed by atoms with Crippen molar-refractivity contribution in [3.05, 3.63) is 51.4 Å². The third kappa shape index (κ3) is 6.04. The molecule has 1 aromatic carbocycles. The first-order valence-electron chi connectivity index (χ1n) is 9.43. The number of nitrogens with one attached hydrogen (secondary N) is 1. The molecule has 1 amide bonds. The minimum atomic E-state index is -3.50. The largest absolute Gasteiger partial charge is 0.485 e. The molecule has 0 fully saturated rings. The minimum absolute atomic E-state index is 0.00539. The van der Waals surface area contributed by atoms with E-state index in [1.54, 1.807) is 6.07 Å². The number of benzene rings is 1. The molecule has 0 radical (unpaired) electrons. The molecule has 3 rings (SSSR count).